The number of rotatable bonds is 6. The Bertz CT molecular complexity index is 150. The highest BCUT2D eigenvalue weighted by Gasteiger charge is 2.20. The molecule has 0 amide bonds. The SMILES string of the molecule is C/C=C/[P+](C)(C)CCOCC(C)C. The minimum absolute atomic E-state index is 0.656. The first-order valence-corrected chi connectivity index (χ1v) is 7.96. The van der Waals surface area contributed by atoms with E-state index in [0.29, 0.717) is 5.92 Å². The smallest absolute Gasteiger partial charge is 0.0863 e. The highest BCUT2D eigenvalue weighted by molar-refractivity contribution is 7.77. The van der Waals surface area contributed by atoms with Crippen LogP contribution in [0.1, 0.15) is 20.8 Å². The molecule has 0 unspecified atom stereocenters. The van der Waals surface area contributed by atoms with Gasteiger partial charge in [0.1, 0.15) is 0 Å². The average Bonchev–Trinajstić information content (AvgIpc) is 1.98. The van der Waals surface area contributed by atoms with Crippen molar-refractivity contribution in [2.75, 3.05) is 32.7 Å². The van der Waals surface area contributed by atoms with Crippen LogP contribution in [0, 0.1) is 5.92 Å². The summed E-state index contributed by atoms with van der Waals surface area (Å²) in [7, 11) is -0.808. The van der Waals surface area contributed by atoms with E-state index in [1.165, 1.54) is 6.16 Å². The minimum Gasteiger partial charge on any atom is -0.377 e. The van der Waals surface area contributed by atoms with E-state index in [1.807, 2.05) is 0 Å². The van der Waals surface area contributed by atoms with Crippen molar-refractivity contribution in [3.8, 4) is 0 Å². The standard InChI is InChI=1S/C11H24OP/c1-6-8-13(4,5)9-7-12-10-11(2)3/h6,8,11H,7,9-10H2,1-5H3/q+1/b8-6+. The predicted molar refractivity (Wildman–Crippen MR) is 64.1 cm³/mol. The largest absolute Gasteiger partial charge is 0.377 e. The van der Waals surface area contributed by atoms with Crippen molar-refractivity contribution in [3.63, 3.8) is 0 Å². The maximum atomic E-state index is 5.57. The van der Waals surface area contributed by atoms with E-state index in [0.717, 1.165) is 13.2 Å². The molecule has 0 rings (SSSR count). The van der Waals surface area contributed by atoms with Crippen molar-refractivity contribution in [1.82, 2.24) is 0 Å². The highest BCUT2D eigenvalue weighted by Crippen LogP contribution is 2.52. The second kappa shape index (κ2) is 6.56. The van der Waals surface area contributed by atoms with Crippen LogP contribution in [0.25, 0.3) is 0 Å². The van der Waals surface area contributed by atoms with Gasteiger partial charge in [-0.05, 0) is 12.8 Å². The molecule has 0 aromatic carbocycles. The molecule has 78 valence electrons. The molecule has 0 N–H and O–H groups in total. The average molecular weight is 203 g/mol. The summed E-state index contributed by atoms with van der Waals surface area (Å²) in [6, 6.07) is 0. The number of hydrogen-bond acceptors (Lipinski definition) is 1. The molecule has 0 aromatic heterocycles. The van der Waals surface area contributed by atoms with Crippen LogP contribution in [-0.4, -0.2) is 32.7 Å². The maximum absolute atomic E-state index is 5.57. The van der Waals surface area contributed by atoms with E-state index >= 15 is 0 Å². The van der Waals surface area contributed by atoms with Gasteiger partial charge in [-0.1, -0.05) is 19.9 Å². The van der Waals surface area contributed by atoms with Crippen molar-refractivity contribution in [2.24, 2.45) is 5.92 Å². The van der Waals surface area contributed by atoms with E-state index in [9.17, 15) is 0 Å². The van der Waals surface area contributed by atoms with Crippen LogP contribution >= 0.6 is 7.26 Å². The van der Waals surface area contributed by atoms with Crippen molar-refractivity contribution in [1.29, 1.82) is 0 Å². The van der Waals surface area contributed by atoms with Gasteiger partial charge in [0.15, 0.2) is 0 Å². The summed E-state index contributed by atoms with van der Waals surface area (Å²) in [6.45, 7) is 13.0. The minimum atomic E-state index is -0.808. The van der Waals surface area contributed by atoms with Gasteiger partial charge in [-0.2, -0.15) is 0 Å². The Morgan fingerprint density at radius 1 is 1.31 bits per heavy atom. The summed E-state index contributed by atoms with van der Waals surface area (Å²) in [5.41, 5.74) is 0. The van der Waals surface area contributed by atoms with Crippen molar-refractivity contribution >= 4 is 7.26 Å². The monoisotopic (exact) mass is 203 g/mol. The summed E-state index contributed by atoms with van der Waals surface area (Å²) in [5.74, 6) is 3.01. The van der Waals surface area contributed by atoms with E-state index in [4.69, 9.17) is 4.74 Å². The van der Waals surface area contributed by atoms with Crippen LogP contribution in [0.3, 0.4) is 0 Å². The zero-order chi connectivity index (χ0) is 10.3. The molecule has 0 saturated heterocycles. The first-order valence-electron chi connectivity index (χ1n) is 5.02. The third kappa shape index (κ3) is 8.46. The van der Waals surface area contributed by atoms with E-state index in [-0.39, 0.29) is 0 Å². The van der Waals surface area contributed by atoms with Gasteiger partial charge in [0.05, 0.1) is 31.9 Å². The van der Waals surface area contributed by atoms with Gasteiger partial charge in [-0.25, -0.2) is 0 Å². The molecule has 0 atom stereocenters. The molecule has 1 nitrogen and oxygen atoms in total. The molecule has 0 aliphatic carbocycles. The lowest BCUT2D eigenvalue weighted by atomic mass is 10.2. The van der Waals surface area contributed by atoms with Gasteiger partial charge in [0.2, 0.25) is 0 Å². The third-order valence-electron chi connectivity index (χ3n) is 1.82. The fourth-order valence-corrected chi connectivity index (χ4v) is 2.65. The lowest BCUT2D eigenvalue weighted by Gasteiger charge is -2.13. The molecule has 0 aliphatic heterocycles. The molecule has 13 heavy (non-hydrogen) atoms. The number of hydrogen-bond donors (Lipinski definition) is 0. The van der Waals surface area contributed by atoms with Crippen LogP contribution in [0.15, 0.2) is 11.9 Å². The normalized spacial score (nSPS) is 13.1. The second-order valence-electron chi connectivity index (χ2n) is 4.45. The molecule has 0 radical (unpaired) electrons. The number of allylic oxidation sites excluding steroid dienone is 1. The van der Waals surface area contributed by atoms with Gasteiger partial charge in [0, 0.05) is 13.9 Å². The molecule has 0 aliphatic rings. The quantitative estimate of drug-likeness (QED) is 0.474. The lowest BCUT2D eigenvalue weighted by molar-refractivity contribution is 0.123. The van der Waals surface area contributed by atoms with Crippen molar-refractivity contribution in [2.45, 2.75) is 20.8 Å². The molecule has 0 heterocycles. The third-order valence-corrected chi connectivity index (χ3v) is 4.26. The van der Waals surface area contributed by atoms with Crippen molar-refractivity contribution < 1.29 is 4.74 Å². The Morgan fingerprint density at radius 2 is 1.92 bits per heavy atom. The predicted octanol–water partition coefficient (Wildman–Crippen LogP) is 3.47. The first-order chi connectivity index (χ1) is 5.98. The van der Waals surface area contributed by atoms with E-state index in [1.54, 1.807) is 0 Å². The first kappa shape index (κ1) is 13.1. The van der Waals surface area contributed by atoms with E-state index in [2.05, 4.69) is 46.0 Å². The van der Waals surface area contributed by atoms with Crippen molar-refractivity contribution in [3.05, 3.63) is 11.9 Å². The summed E-state index contributed by atoms with van der Waals surface area (Å²) in [6.07, 6.45) is 3.38. The zero-order valence-corrected chi connectivity index (χ0v) is 10.6. The van der Waals surface area contributed by atoms with E-state index < -0.39 is 7.26 Å². The van der Waals surface area contributed by atoms with Crippen LogP contribution in [0.4, 0.5) is 0 Å². The summed E-state index contributed by atoms with van der Waals surface area (Å²) in [5, 5.41) is 0. The Hall–Kier alpha value is 0.130. The van der Waals surface area contributed by atoms with Gasteiger partial charge < -0.3 is 4.74 Å². The van der Waals surface area contributed by atoms with Crippen LogP contribution in [0.2, 0.25) is 0 Å². The Balaban J connectivity index is 3.52. The molecule has 2 heteroatoms. The van der Waals surface area contributed by atoms with Crippen LogP contribution < -0.4 is 0 Å². The summed E-state index contributed by atoms with van der Waals surface area (Å²) in [4.78, 5) is 0. The Labute approximate surface area is 83.9 Å². The second-order valence-corrected chi connectivity index (χ2v) is 8.76. The molecule has 0 fully saturated rings. The Morgan fingerprint density at radius 3 is 2.38 bits per heavy atom. The molecule has 0 aromatic rings. The summed E-state index contributed by atoms with van der Waals surface area (Å²) >= 11 is 0. The topological polar surface area (TPSA) is 9.23 Å². The molecule has 0 spiro atoms. The van der Waals surface area contributed by atoms with Gasteiger partial charge in [-0.3, -0.25) is 0 Å². The fourth-order valence-electron chi connectivity index (χ4n) is 1.10. The van der Waals surface area contributed by atoms with Gasteiger partial charge in [-0.15, -0.1) is 0 Å². The van der Waals surface area contributed by atoms with Crippen LogP contribution in [-0.2, 0) is 4.74 Å². The number of ether oxygens (including phenoxy) is 1. The molecule has 0 saturated carbocycles. The van der Waals surface area contributed by atoms with Gasteiger partial charge in [0.25, 0.3) is 0 Å². The summed E-state index contributed by atoms with van der Waals surface area (Å²) < 4.78 is 5.57. The molecule has 0 bridgehead atoms. The molecular weight excluding hydrogens is 179 g/mol. The van der Waals surface area contributed by atoms with Crippen LogP contribution in [0.5, 0.6) is 0 Å². The maximum Gasteiger partial charge on any atom is 0.0863 e. The fraction of sp³-hybridized carbons (Fsp3) is 0.818. The Kier molecular flexibility index (Phi) is 6.63. The highest BCUT2D eigenvalue weighted by atomic mass is 31.2. The van der Waals surface area contributed by atoms with Gasteiger partial charge >= 0.3 is 0 Å². The zero-order valence-electron chi connectivity index (χ0n) is 9.71. The molecular formula is C11H24OP+. The lowest BCUT2D eigenvalue weighted by Crippen LogP contribution is -2.07.